The Bertz CT molecular complexity index is 462. The largest absolute Gasteiger partial charge is 0.481 e. The van der Waals surface area contributed by atoms with E-state index in [1.165, 1.54) is 8.61 Å². The SMILES string of the molecule is O=C(O)C1CCCN(S(=O)(=O)N2CCN(CCO)CC2)C1. The van der Waals surface area contributed by atoms with Gasteiger partial charge in [-0.1, -0.05) is 0 Å². The Morgan fingerprint density at radius 3 is 2.33 bits per heavy atom. The quantitative estimate of drug-likeness (QED) is 0.648. The summed E-state index contributed by atoms with van der Waals surface area (Å²) in [4.78, 5) is 13.1. The number of hydrogen-bond acceptors (Lipinski definition) is 5. The molecule has 0 aromatic carbocycles. The Hall–Kier alpha value is -0.740. The summed E-state index contributed by atoms with van der Waals surface area (Å²) in [5, 5.41) is 18.0. The lowest BCUT2D eigenvalue weighted by Gasteiger charge is -2.38. The van der Waals surface area contributed by atoms with Crippen LogP contribution in [0.3, 0.4) is 0 Å². The van der Waals surface area contributed by atoms with E-state index in [-0.39, 0.29) is 13.2 Å². The van der Waals surface area contributed by atoms with Crippen LogP contribution in [0.4, 0.5) is 0 Å². The maximum absolute atomic E-state index is 12.6. The molecular formula is C12H23N3O5S. The lowest BCUT2D eigenvalue weighted by molar-refractivity contribution is -0.142. The zero-order valence-corrected chi connectivity index (χ0v) is 12.8. The number of rotatable bonds is 5. The van der Waals surface area contributed by atoms with Gasteiger partial charge in [0.15, 0.2) is 0 Å². The number of carboxylic acids is 1. The number of piperidine rings is 1. The molecule has 0 spiro atoms. The number of β-amino-alcohol motifs (C(OH)–C–C–N with tert-alkyl or cyclic N) is 1. The minimum Gasteiger partial charge on any atom is -0.481 e. The molecule has 0 aromatic rings. The van der Waals surface area contributed by atoms with Crippen LogP contribution in [0.1, 0.15) is 12.8 Å². The first kappa shape index (κ1) is 16.6. The van der Waals surface area contributed by atoms with Crippen LogP contribution in [-0.2, 0) is 15.0 Å². The number of carbonyl (C=O) groups is 1. The Morgan fingerprint density at radius 1 is 1.10 bits per heavy atom. The molecule has 21 heavy (non-hydrogen) atoms. The number of aliphatic carboxylic acids is 1. The van der Waals surface area contributed by atoms with Crippen LogP contribution >= 0.6 is 0 Å². The van der Waals surface area contributed by atoms with Gasteiger partial charge in [-0.15, -0.1) is 0 Å². The predicted molar refractivity (Wildman–Crippen MR) is 76.0 cm³/mol. The van der Waals surface area contributed by atoms with Crippen LogP contribution in [0.25, 0.3) is 0 Å². The molecule has 2 heterocycles. The summed E-state index contributed by atoms with van der Waals surface area (Å²) in [6.07, 6.45) is 1.12. The van der Waals surface area contributed by atoms with Gasteiger partial charge >= 0.3 is 5.97 Å². The van der Waals surface area contributed by atoms with E-state index in [1.54, 1.807) is 0 Å². The second kappa shape index (κ2) is 7.01. The van der Waals surface area contributed by atoms with Crippen molar-refractivity contribution in [3.05, 3.63) is 0 Å². The predicted octanol–water partition coefficient (Wildman–Crippen LogP) is -1.36. The number of aliphatic hydroxyl groups excluding tert-OH is 1. The van der Waals surface area contributed by atoms with Crippen molar-refractivity contribution in [2.45, 2.75) is 12.8 Å². The minimum absolute atomic E-state index is 0.0640. The Balaban J connectivity index is 1.97. The van der Waals surface area contributed by atoms with Crippen molar-refractivity contribution in [1.82, 2.24) is 13.5 Å². The van der Waals surface area contributed by atoms with E-state index in [0.29, 0.717) is 52.1 Å². The minimum atomic E-state index is -3.58. The van der Waals surface area contributed by atoms with Crippen molar-refractivity contribution in [3.8, 4) is 0 Å². The van der Waals surface area contributed by atoms with E-state index in [2.05, 4.69) is 0 Å². The van der Waals surface area contributed by atoms with E-state index in [4.69, 9.17) is 10.2 Å². The highest BCUT2D eigenvalue weighted by Gasteiger charge is 2.36. The molecule has 2 aliphatic heterocycles. The van der Waals surface area contributed by atoms with Crippen molar-refractivity contribution in [1.29, 1.82) is 0 Å². The number of aliphatic hydroxyl groups is 1. The lowest BCUT2D eigenvalue weighted by Crippen LogP contribution is -2.55. The van der Waals surface area contributed by atoms with Crippen LogP contribution in [0.15, 0.2) is 0 Å². The monoisotopic (exact) mass is 321 g/mol. The molecule has 9 heteroatoms. The van der Waals surface area contributed by atoms with Crippen molar-refractivity contribution in [2.24, 2.45) is 5.92 Å². The Kier molecular flexibility index (Phi) is 5.55. The molecule has 1 atom stereocenters. The molecule has 2 rings (SSSR count). The van der Waals surface area contributed by atoms with Gasteiger partial charge in [-0.2, -0.15) is 17.0 Å². The second-order valence-corrected chi connectivity index (χ2v) is 7.44. The fourth-order valence-corrected chi connectivity index (χ4v) is 4.52. The third kappa shape index (κ3) is 3.92. The maximum Gasteiger partial charge on any atom is 0.307 e. The first-order valence-corrected chi connectivity index (χ1v) is 8.66. The Labute approximate surface area is 125 Å². The van der Waals surface area contributed by atoms with Crippen molar-refractivity contribution >= 4 is 16.2 Å². The van der Waals surface area contributed by atoms with E-state index in [0.717, 1.165) is 0 Å². The molecule has 2 aliphatic rings. The van der Waals surface area contributed by atoms with Crippen LogP contribution in [0, 0.1) is 5.92 Å². The summed E-state index contributed by atoms with van der Waals surface area (Å²) in [6.45, 7) is 3.04. The van der Waals surface area contributed by atoms with Crippen LogP contribution in [0.2, 0.25) is 0 Å². The highest BCUT2D eigenvalue weighted by atomic mass is 32.2. The van der Waals surface area contributed by atoms with E-state index >= 15 is 0 Å². The average molecular weight is 321 g/mol. The summed E-state index contributed by atoms with van der Waals surface area (Å²) >= 11 is 0. The molecule has 2 fully saturated rings. The molecule has 0 aromatic heterocycles. The Morgan fingerprint density at radius 2 is 1.76 bits per heavy atom. The molecule has 2 saturated heterocycles. The first-order chi connectivity index (χ1) is 9.95. The van der Waals surface area contributed by atoms with E-state index in [1.807, 2.05) is 4.90 Å². The number of hydrogen-bond donors (Lipinski definition) is 2. The third-order valence-corrected chi connectivity index (χ3v) is 6.14. The van der Waals surface area contributed by atoms with Gasteiger partial charge in [0.05, 0.1) is 12.5 Å². The molecule has 8 nitrogen and oxygen atoms in total. The normalized spacial score (nSPS) is 26.8. The number of carboxylic acid groups (broad SMARTS) is 1. The van der Waals surface area contributed by atoms with Gasteiger partial charge in [-0.3, -0.25) is 9.69 Å². The van der Waals surface area contributed by atoms with Gasteiger partial charge in [-0.05, 0) is 12.8 Å². The molecule has 0 bridgehead atoms. The van der Waals surface area contributed by atoms with Crippen LogP contribution in [0.5, 0.6) is 0 Å². The summed E-state index contributed by atoms with van der Waals surface area (Å²) in [7, 11) is -3.58. The topological polar surface area (TPSA) is 101 Å². The summed E-state index contributed by atoms with van der Waals surface area (Å²) in [6, 6.07) is 0. The van der Waals surface area contributed by atoms with Crippen molar-refractivity contribution in [3.63, 3.8) is 0 Å². The summed E-state index contributed by atoms with van der Waals surface area (Å²) in [5.74, 6) is -1.54. The van der Waals surface area contributed by atoms with Gasteiger partial charge in [0.2, 0.25) is 0 Å². The smallest absolute Gasteiger partial charge is 0.307 e. The van der Waals surface area contributed by atoms with Gasteiger partial charge in [0.1, 0.15) is 0 Å². The average Bonchev–Trinajstić information content (AvgIpc) is 2.48. The summed E-state index contributed by atoms with van der Waals surface area (Å²) in [5.41, 5.74) is 0. The fourth-order valence-electron chi connectivity index (χ4n) is 2.84. The zero-order valence-electron chi connectivity index (χ0n) is 12.0. The standard InChI is InChI=1S/C12H23N3O5S/c16-9-8-13-4-6-14(7-5-13)21(19,20)15-3-1-2-11(10-15)12(17)18/h11,16H,1-10H2,(H,17,18). The summed E-state index contributed by atoms with van der Waals surface area (Å²) < 4.78 is 27.9. The van der Waals surface area contributed by atoms with Gasteiger partial charge < -0.3 is 10.2 Å². The number of piperazine rings is 1. The van der Waals surface area contributed by atoms with E-state index < -0.39 is 22.1 Å². The van der Waals surface area contributed by atoms with E-state index in [9.17, 15) is 13.2 Å². The zero-order chi connectivity index (χ0) is 15.5. The second-order valence-electron chi connectivity index (χ2n) is 5.51. The molecule has 0 aliphatic carbocycles. The molecular weight excluding hydrogens is 298 g/mol. The van der Waals surface area contributed by atoms with Crippen LogP contribution < -0.4 is 0 Å². The third-order valence-electron chi connectivity index (χ3n) is 4.13. The molecule has 0 radical (unpaired) electrons. The highest BCUT2D eigenvalue weighted by Crippen LogP contribution is 2.22. The van der Waals surface area contributed by atoms with Gasteiger partial charge in [-0.25, -0.2) is 0 Å². The molecule has 1 unspecified atom stereocenters. The first-order valence-electron chi connectivity index (χ1n) is 7.26. The molecule has 0 saturated carbocycles. The van der Waals surface area contributed by atoms with Crippen LogP contribution in [-0.4, -0.2) is 90.5 Å². The molecule has 2 N–H and O–H groups in total. The number of nitrogens with zero attached hydrogens (tertiary/aromatic N) is 3. The van der Waals surface area contributed by atoms with Gasteiger partial charge in [0.25, 0.3) is 10.2 Å². The fraction of sp³-hybridized carbons (Fsp3) is 0.917. The molecule has 0 amide bonds. The lowest BCUT2D eigenvalue weighted by atomic mass is 10.0. The van der Waals surface area contributed by atoms with Crippen molar-refractivity contribution in [2.75, 3.05) is 52.4 Å². The van der Waals surface area contributed by atoms with Crippen molar-refractivity contribution < 1.29 is 23.4 Å². The molecule has 122 valence electrons. The maximum atomic E-state index is 12.6. The van der Waals surface area contributed by atoms with Gasteiger partial charge in [0, 0.05) is 45.8 Å². The highest BCUT2D eigenvalue weighted by molar-refractivity contribution is 7.86.